The third-order valence-corrected chi connectivity index (χ3v) is 0.659. The Kier molecular flexibility index (Phi) is 11.3. The van der Waals surface area contributed by atoms with Crippen LogP contribution >= 0.6 is 0 Å². The molecule has 2 N–H and O–H groups in total. The van der Waals surface area contributed by atoms with Gasteiger partial charge in [0.05, 0.1) is 6.26 Å². The van der Waals surface area contributed by atoms with Crippen molar-refractivity contribution < 1.29 is 24.2 Å². The molecule has 0 bridgehead atoms. The van der Waals surface area contributed by atoms with Gasteiger partial charge in [0.25, 0.3) is 0 Å². The highest BCUT2D eigenvalue weighted by atomic mass is 16.6. The molecule has 0 saturated carbocycles. The molecule has 0 aliphatic carbocycles. The molecular formula is C9H12O5. The summed E-state index contributed by atoms with van der Waals surface area (Å²) in [5, 5.41) is 13.9. The van der Waals surface area contributed by atoms with Gasteiger partial charge in [0, 0.05) is 0 Å². The van der Waals surface area contributed by atoms with Crippen LogP contribution in [0.1, 0.15) is 17.5 Å². The second-order valence-corrected chi connectivity index (χ2v) is 1.82. The molecule has 0 radical (unpaired) electrons. The molecule has 0 aromatic carbocycles. The molecule has 0 atom stereocenters. The first kappa shape index (κ1) is 14.5. The van der Waals surface area contributed by atoms with Crippen LogP contribution < -0.4 is 0 Å². The molecule has 5 heteroatoms. The van der Waals surface area contributed by atoms with E-state index >= 15 is 0 Å². The maximum atomic E-state index is 9.77. The zero-order valence-electron chi connectivity index (χ0n) is 7.71. The standard InChI is InChI=1S/C5H4O2.C3H6.CH2O3/c6-4-5-2-1-3-7-5;1-3-2;2-1(3)4/h1-4H;3H,1H2,2H3;(H2,2,3,4). The molecule has 0 saturated heterocycles. The van der Waals surface area contributed by atoms with E-state index in [9.17, 15) is 4.79 Å². The predicted octanol–water partition coefficient (Wildman–Crippen LogP) is 2.51. The summed E-state index contributed by atoms with van der Waals surface area (Å²) in [4.78, 5) is 18.3. The van der Waals surface area contributed by atoms with Crippen LogP contribution in [0.5, 0.6) is 0 Å². The SMILES string of the molecule is C=CC.O=C(O)O.O=Cc1ccco1. The average molecular weight is 200 g/mol. The maximum Gasteiger partial charge on any atom is 0.503 e. The van der Waals surface area contributed by atoms with E-state index in [1.807, 2.05) is 6.92 Å². The van der Waals surface area contributed by atoms with Gasteiger partial charge >= 0.3 is 6.16 Å². The van der Waals surface area contributed by atoms with Crippen LogP contribution in [0, 0.1) is 0 Å². The fourth-order valence-electron chi connectivity index (χ4n) is 0.358. The number of carboxylic acid groups (broad SMARTS) is 2. The average Bonchev–Trinajstić information content (AvgIpc) is 2.55. The van der Waals surface area contributed by atoms with Crippen LogP contribution in [-0.2, 0) is 0 Å². The zero-order valence-corrected chi connectivity index (χ0v) is 7.71. The summed E-state index contributed by atoms with van der Waals surface area (Å²) in [6.45, 7) is 5.25. The zero-order chi connectivity index (χ0) is 11.4. The highest BCUT2D eigenvalue weighted by molar-refractivity contribution is 5.69. The predicted molar refractivity (Wildman–Crippen MR) is 50.6 cm³/mol. The molecule has 0 aliphatic rings. The molecule has 0 amide bonds. The van der Waals surface area contributed by atoms with Gasteiger partial charge in [-0.3, -0.25) is 4.79 Å². The summed E-state index contributed by atoms with van der Waals surface area (Å²) in [7, 11) is 0. The van der Waals surface area contributed by atoms with Crippen molar-refractivity contribution in [3.63, 3.8) is 0 Å². The van der Waals surface area contributed by atoms with Crippen molar-refractivity contribution in [2.45, 2.75) is 6.92 Å². The molecule has 5 nitrogen and oxygen atoms in total. The summed E-state index contributed by atoms with van der Waals surface area (Å²) in [6, 6.07) is 3.27. The molecule has 14 heavy (non-hydrogen) atoms. The van der Waals surface area contributed by atoms with Gasteiger partial charge < -0.3 is 14.6 Å². The molecule has 0 unspecified atom stereocenters. The van der Waals surface area contributed by atoms with E-state index in [1.54, 1.807) is 18.2 Å². The number of carbonyl (C=O) groups is 2. The number of carbonyl (C=O) groups excluding carboxylic acids is 1. The van der Waals surface area contributed by atoms with Crippen LogP contribution in [-0.4, -0.2) is 22.7 Å². The van der Waals surface area contributed by atoms with E-state index in [0.29, 0.717) is 12.0 Å². The van der Waals surface area contributed by atoms with Crippen LogP contribution in [0.2, 0.25) is 0 Å². The summed E-state index contributed by atoms with van der Waals surface area (Å²) in [6.07, 6.45) is 2.05. The molecule has 0 fully saturated rings. The largest absolute Gasteiger partial charge is 0.503 e. The smallest absolute Gasteiger partial charge is 0.462 e. The first-order chi connectivity index (χ1) is 6.58. The lowest BCUT2D eigenvalue weighted by molar-refractivity contribution is 0.110. The van der Waals surface area contributed by atoms with E-state index in [2.05, 4.69) is 11.0 Å². The van der Waals surface area contributed by atoms with Crippen molar-refractivity contribution >= 4 is 12.4 Å². The Morgan fingerprint density at radius 1 is 1.57 bits per heavy atom. The van der Waals surface area contributed by atoms with E-state index in [4.69, 9.17) is 15.0 Å². The molecule has 0 aliphatic heterocycles. The van der Waals surface area contributed by atoms with Gasteiger partial charge in [-0.05, 0) is 19.1 Å². The Balaban J connectivity index is 0. The van der Waals surface area contributed by atoms with Crippen LogP contribution in [0.4, 0.5) is 4.79 Å². The van der Waals surface area contributed by atoms with Crippen molar-refractivity contribution in [2.75, 3.05) is 0 Å². The van der Waals surface area contributed by atoms with E-state index in [1.165, 1.54) is 6.26 Å². The highest BCUT2D eigenvalue weighted by Crippen LogP contribution is 1.92. The summed E-state index contributed by atoms with van der Waals surface area (Å²) in [5.74, 6) is 0.375. The lowest BCUT2D eigenvalue weighted by Crippen LogP contribution is -1.81. The number of furan rings is 1. The lowest BCUT2D eigenvalue weighted by atomic mass is 10.5. The first-order valence-electron chi connectivity index (χ1n) is 3.56. The Labute approximate surface area is 81.3 Å². The Morgan fingerprint density at radius 2 is 2.00 bits per heavy atom. The third-order valence-electron chi connectivity index (χ3n) is 0.659. The lowest BCUT2D eigenvalue weighted by Gasteiger charge is -1.68. The maximum absolute atomic E-state index is 9.77. The van der Waals surface area contributed by atoms with E-state index < -0.39 is 6.16 Å². The third kappa shape index (κ3) is 16.5. The van der Waals surface area contributed by atoms with Gasteiger partial charge in [-0.1, -0.05) is 6.08 Å². The van der Waals surface area contributed by atoms with Gasteiger partial charge in [0.1, 0.15) is 0 Å². The fraction of sp³-hybridized carbons (Fsp3) is 0.111. The van der Waals surface area contributed by atoms with Crippen LogP contribution in [0.25, 0.3) is 0 Å². The minimum Gasteiger partial charge on any atom is -0.462 e. The van der Waals surface area contributed by atoms with E-state index in [-0.39, 0.29) is 0 Å². The van der Waals surface area contributed by atoms with Gasteiger partial charge in [0.15, 0.2) is 12.0 Å². The monoisotopic (exact) mass is 200 g/mol. The molecule has 1 aromatic heterocycles. The number of hydrogen-bond donors (Lipinski definition) is 2. The van der Waals surface area contributed by atoms with E-state index in [0.717, 1.165) is 0 Å². The number of rotatable bonds is 1. The van der Waals surface area contributed by atoms with Gasteiger partial charge in [-0.2, -0.15) is 0 Å². The van der Waals surface area contributed by atoms with Crippen LogP contribution in [0.3, 0.4) is 0 Å². The number of hydrogen-bond acceptors (Lipinski definition) is 3. The Bertz CT molecular complexity index is 246. The van der Waals surface area contributed by atoms with Crippen molar-refractivity contribution in [1.82, 2.24) is 0 Å². The van der Waals surface area contributed by atoms with Crippen molar-refractivity contribution in [2.24, 2.45) is 0 Å². The normalized spacial score (nSPS) is 6.93. The van der Waals surface area contributed by atoms with Crippen molar-refractivity contribution in [3.8, 4) is 0 Å². The Hall–Kier alpha value is -2.04. The first-order valence-corrected chi connectivity index (χ1v) is 3.56. The summed E-state index contributed by atoms with van der Waals surface area (Å²) >= 11 is 0. The van der Waals surface area contributed by atoms with Crippen molar-refractivity contribution in [1.29, 1.82) is 0 Å². The topological polar surface area (TPSA) is 87.7 Å². The second-order valence-electron chi connectivity index (χ2n) is 1.82. The fourth-order valence-corrected chi connectivity index (χ4v) is 0.358. The van der Waals surface area contributed by atoms with Gasteiger partial charge in [-0.15, -0.1) is 6.58 Å². The number of aldehydes is 1. The van der Waals surface area contributed by atoms with Crippen molar-refractivity contribution in [3.05, 3.63) is 36.8 Å². The molecule has 0 spiro atoms. The molecule has 1 aromatic rings. The summed E-state index contributed by atoms with van der Waals surface area (Å²) in [5.41, 5.74) is 0. The Morgan fingerprint density at radius 3 is 2.14 bits per heavy atom. The van der Waals surface area contributed by atoms with Gasteiger partial charge in [0.2, 0.25) is 0 Å². The second kappa shape index (κ2) is 11.0. The van der Waals surface area contributed by atoms with Crippen LogP contribution in [0.15, 0.2) is 35.5 Å². The minimum atomic E-state index is -1.83. The molecule has 1 heterocycles. The van der Waals surface area contributed by atoms with Gasteiger partial charge in [-0.25, -0.2) is 4.79 Å². The minimum absolute atomic E-state index is 0.375. The number of allylic oxidation sites excluding steroid dienone is 1. The highest BCUT2D eigenvalue weighted by Gasteiger charge is 1.84. The molecular weight excluding hydrogens is 188 g/mol. The summed E-state index contributed by atoms with van der Waals surface area (Å²) < 4.78 is 4.61. The quantitative estimate of drug-likeness (QED) is 0.537. The molecule has 78 valence electrons. The molecule has 1 rings (SSSR count).